The van der Waals surface area contributed by atoms with Crippen molar-refractivity contribution in [2.45, 2.75) is 20.8 Å². The Kier molecular flexibility index (Phi) is 2.95. The van der Waals surface area contributed by atoms with Crippen LogP contribution in [0, 0.1) is 13.8 Å². The summed E-state index contributed by atoms with van der Waals surface area (Å²) in [6.45, 7) is 5.67. The first-order chi connectivity index (χ1) is 6.15. The summed E-state index contributed by atoms with van der Waals surface area (Å²) in [5.74, 6) is -0.335. The molecule has 0 fully saturated rings. The number of esters is 1. The van der Waals surface area contributed by atoms with E-state index >= 15 is 0 Å². The Morgan fingerprint density at radius 2 is 2.15 bits per heavy atom. The molecule has 70 valence electrons. The summed E-state index contributed by atoms with van der Waals surface area (Å²) >= 11 is 0. The standard InChI is InChI=1S/C9H12N2O2/c1-4-13-9(12)8-5-6(2)10-11-7(8)3/h5H,4H2,1-3H3. The highest BCUT2D eigenvalue weighted by Gasteiger charge is 2.11. The van der Waals surface area contributed by atoms with Crippen molar-refractivity contribution in [3.05, 3.63) is 23.0 Å². The minimum atomic E-state index is -0.335. The zero-order valence-corrected chi connectivity index (χ0v) is 8.00. The molecule has 0 amide bonds. The molecule has 0 spiro atoms. The number of carbonyl (C=O) groups excluding carboxylic acids is 1. The van der Waals surface area contributed by atoms with Crippen LogP contribution in [0.5, 0.6) is 0 Å². The Hall–Kier alpha value is -1.45. The maximum Gasteiger partial charge on any atom is 0.340 e. The molecular formula is C9H12N2O2. The third-order valence-corrected chi connectivity index (χ3v) is 1.60. The van der Waals surface area contributed by atoms with E-state index in [1.54, 1.807) is 26.8 Å². The molecule has 0 saturated heterocycles. The highest BCUT2D eigenvalue weighted by molar-refractivity contribution is 5.90. The molecule has 0 aromatic carbocycles. The first-order valence-corrected chi connectivity index (χ1v) is 4.13. The van der Waals surface area contributed by atoms with Crippen molar-refractivity contribution in [2.75, 3.05) is 6.61 Å². The van der Waals surface area contributed by atoms with Crippen LogP contribution in [0.15, 0.2) is 6.07 Å². The molecule has 1 aromatic heterocycles. The second kappa shape index (κ2) is 3.98. The SMILES string of the molecule is CCOC(=O)c1cc(C)nnc1C. The average Bonchev–Trinajstić information content (AvgIpc) is 2.09. The van der Waals surface area contributed by atoms with Crippen LogP contribution in [0.25, 0.3) is 0 Å². The zero-order valence-electron chi connectivity index (χ0n) is 8.00. The summed E-state index contributed by atoms with van der Waals surface area (Å²) < 4.78 is 4.86. The third-order valence-electron chi connectivity index (χ3n) is 1.60. The molecule has 13 heavy (non-hydrogen) atoms. The number of nitrogens with zero attached hydrogens (tertiary/aromatic N) is 2. The highest BCUT2D eigenvalue weighted by Crippen LogP contribution is 2.06. The lowest BCUT2D eigenvalue weighted by Crippen LogP contribution is -2.09. The van der Waals surface area contributed by atoms with Crippen LogP contribution in [-0.2, 0) is 4.74 Å². The van der Waals surface area contributed by atoms with Crippen LogP contribution >= 0.6 is 0 Å². The lowest BCUT2D eigenvalue weighted by atomic mass is 10.2. The van der Waals surface area contributed by atoms with Crippen molar-refractivity contribution in [3.63, 3.8) is 0 Å². The largest absolute Gasteiger partial charge is 0.462 e. The van der Waals surface area contributed by atoms with Crippen molar-refractivity contribution in [1.82, 2.24) is 10.2 Å². The van der Waals surface area contributed by atoms with Gasteiger partial charge in [0, 0.05) is 0 Å². The average molecular weight is 180 g/mol. The summed E-state index contributed by atoms with van der Waals surface area (Å²) in [6.07, 6.45) is 0. The molecule has 1 heterocycles. The van der Waals surface area contributed by atoms with Gasteiger partial charge < -0.3 is 4.74 Å². The molecule has 4 heteroatoms. The van der Waals surface area contributed by atoms with Crippen LogP contribution in [0.1, 0.15) is 28.7 Å². The smallest absolute Gasteiger partial charge is 0.340 e. The maximum absolute atomic E-state index is 11.3. The van der Waals surface area contributed by atoms with E-state index in [9.17, 15) is 4.79 Å². The lowest BCUT2D eigenvalue weighted by Gasteiger charge is -2.03. The zero-order chi connectivity index (χ0) is 9.84. The van der Waals surface area contributed by atoms with Gasteiger partial charge in [-0.05, 0) is 26.8 Å². The molecule has 0 aliphatic rings. The summed E-state index contributed by atoms with van der Waals surface area (Å²) in [5, 5.41) is 7.66. The normalized spacial score (nSPS) is 9.77. The van der Waals surface area contributed by atoms with Gasteiger partial charge in [0.25, 0.3) is 0 Å². The van der Waals surface area contributed by atoms with Crippen LogP contribution in [0.4, 0.5) is 0 Å². The van der Waals surface area contributed by atoms with Gasteiger partial charge in [-0.25, -0.2) is 4.79 Å². The molecule has 0 atom stereocenters. The summed E-state index contributed by atoms with van der Waals surface area (Å²) in [4.78, 5) is 11.3. The van der Waals surface area contributed by atoms with E-state index < -0.39 is 0 Å². The van der Waals surface area contributed by atoms with E-state index in [1.165, 1.54) is 0 Å². The first-order valence-electron chi connectivity index (χ1n) is 4.13. The Morgan fingerprint density at radius 3 is 2.77 bits per heavy atom. The fraction of sp³-hybridized carbons (Fsp3) is 0.444. The molecule has 0 aliphatic carbocycles. The summed E-state index contributed by atoms with van der Waals surface area (Å²) in [7, 11) is 0. The molecule has 0 bridgehead atoms. The summed E-state index contributed by atoms with van der Waals surface area (Å²) in [6, 6.07) is 1.68. The number of hydrogen-bond acceptors (Lipinski definition) is 4. The fourth-order valence-electron chi connectivity index (χ4n) is 0.965. The monoisotopic (exact) mass is 180 g/mol. The number of hydrogen-bond donors (Lipinski definition) is 0. The van der Waals surface area contributed by atoms with Crippen LogP contribution < -0.4 is 0 Å². The second-order valence-electron chi connectivity index (χ2n) is 2.71. The maximum atomic E-state index is 11.3. The van der Waals surface area contributed by atoms with Gasteiger partial charge in [0.05, 0.1) is 23.6 Å². The molecule has 0 saturated carbocycles. The van der Waals surface area contributed by atoms with E-state index in [1.807, 2.05) is 0 Å². The Morgan fingerprint density at radius 1 is 1.46 bits per heavy atom. The van der Waals surface area contributed by atoms with Gasteiger partial charge >= 0.3 is 5.97 Å². The Bertz CT molecular complexity index is 323. The second-order valence-corrected chi connectivity index (χ2v) is 2.71. The van der Waals surface area contributed by atoms with Crippen molar-refractivity contribution < 1.29 is 9.53 Å². The van der Waals surface area contributed by atoms with E-state index in [2.05, 4.69) is 10.2 Å². The van der Waals surface area contributed by atoms with Crippen molar-refractivity contribution in [2.24, 2.45) is 0 Å². The van der Waals surface area contributed by atoms with Crippen LogP contribution in [0.2, 0.25) is 0 Å². The number of aromatic nitrogens is 2. The number of rotatable bonds is 2. The molecule has 0 N–H and O–H groups in total. The predicted molar refractivity (Wildman–Crippen MR) is 47.5 cm³/mol. The van der Waals surface area contributed by atoms with Crippen molar-refractivity contribution >= 4 is 5.97 Å². The predicted octanol–water partition coefficient (Wildman–Crippen LogP) is 1.27. The molecule has 0 unspecified atom stereocenters. The molecule has 0 aliphatic heterocycles. The van der Waals surface area contributed by atoms with E-state index in [0.717, 1.165) is 0 Å². The minimum absolute atomic E-state index is 0.335. The molecule has 0 radical (unpaired) electrons. The van der Waals surface area contributed by atoms with Crippen LogP contribution in [0.3, 0.4) is 0 Å². The third kappa shape index (κ3) is 2.24. The molecule has 4 nitrogen and oxygen atoms in total. The van der Waals surface area contributed by atoms with Gasteiger partial charge in [-0.1, -0.05) is 0 Å². The van der Waals surface area contributed by atoms with Gasteiger partial charge in [-0.2, -0.15) is 10.2 Å². The van der Waals surface area contributed by atoms with Crippen LogP contribution in [-0.4, -0.2) is 22.8 Å². The van der Waals surface area contributed by atoms with Crippen molar-refractivity contribution in [3.8, 4) is 0 Å². The molecular weight excluding hydrogens is 168 g/mol. The first kappa shape index (κ1) is 9.64. The Labute approximate surface area is 76.9 Å². The van der Waals surface area contributed by atoms with E-state index in [0.29, 0.717) is 23.6 Å². The number of carbonyl (C=O) groups is 1. The molecule has 1 rings (SSSR count). The van der Waals surface area contributed by atoms with Gasteiger partial charge in [-0.3, -0.25) is 0 Å². The molecule has 1 aromatic rings. The quantitative estimate of drug-likeness (QED) is 0.643. The topological polar surface area (TPSA) is 52.1 Å². The van der Waals surface area contributed by atoms with E-state index in [4.69, 9.17) is 4.74 Å². The summed E-state index contributed by atoms with van der Waals surface area (Å²) in [5.41, 5.74) is 1.81. The minimum Gasteiger partial charge on any atom is -0.462 e. The number of ether oxygens (including phenoxy) is 1. The number of aryl methyl sites for hydroxylation is 2. The van der Waals surface area contributed by atoms with Gasteiger partial charge in [0.15, 0.2) is 0 Å². The highest BCUT2D eigenvalue weighted by atomic mass is 16.5. The van der Waals surface area contributed by atoms with Gasteiger partial charge in [0.2, 0.25) is 0 Å². The van der Waals surface area contributed by atoms with Crippen molar-refractivity contribution in [1.29, 1.82) is 0 Å². The van der Waals surface area contributed by atoms with Gasteiger partial charge in [0.1, 0.15) is 0 Å². The van der Waals surface area contributed by atoms with E-state index in [-0.39, 0.29) is 5.97 Å². The fourth-order valence-corrected chi connectivity index (χ4v) is 0.965. The Balaban J connectivity index is 2.99. The van der Waals surface area contributed by atoms with Gasteiger partial charge in [-0.15, -0.1) is 0 Å². The lowest BCUT2D eigenvalue weighted by molar-refractivity contribution is 0.0524.